The van der Waals surface area contributed by atoms with Crippen molar-refractivity contribution in [2.45, 2.75) is 19.0 Å². The van der Waals surface area contributed by atoms with Crippen molar-refractivity contribution in [3.8, 4) is 22.8 Å². The van der Waals surface area contributed by atoms with Gasteiger partial charge >= 0.3 is 0 Å². The molecule has 0 bridgehead atoms. The van der Waals surface area contributed by atoms with E-state index in [2.05, 4.69) is 15.2 Å². The Balaban J connectivity index is 1.37. The Morgan fingerprint density at radius 2 is 1.66 bits per heavy atom. The zero-order chi connectivity index (χ0) is 26.1. The molecule has 1 N–H and O–H groups in total. The third-order valence-electron chi connectivity index (χ3n) is 6.58. The minimum atomic E-state index is -0.258. The summed E-state index contributed by atoms with van der Waals surface area (Å²) < 4.78 is 12.5. The van der Waals surface area contributed by atoms with E-state index in [0.717, 1.165) is 45.5 Å². The Bertz CT molecular complexity index is 1570. The lowest BCUT2D eigenvalue weighted by Gasteiger charge is -2.26. The number of halogens is 1. The number of thiocarbonyl (C=S) groups is 1. The molecule has 1 aliphatic heterocycles. The minimum Gasteiger partial charge on any atom is -0.459 e. The summed E-state index contributed by atoms with van der Waals surface area (Å²) >= 11 is 12.1. The maximum atomic E-state index is 6.49. The van der Waals surface area contributed by atoms with E-state index in [1.165, 1.54) is 0 Å². The van der Waals surface area contributed by atoms with Crippen LogP contribution in [0.15, 0.2) is 114 Å². The standard InChI is InChI=1S/C31H24ClN3O2S/c1-20-10-11-21(32)19-25(20)27-16-17-28(37-27)30-29(26-9-5-6-18-33-26)34-31(38)35(30)22-12-14-24(15-13-22)36-23-7-3-2-4-8-23/h2-19,29-30H,1H3,(H,34,38)/t29-,30+/m0/s1. The summed E-state index contributed by atoms with van der Waals surface area (Å²) in [5.74, 6) is 3.05. The van der Waals surface area contributed by atoms with E-state index in [1.54, 1.807) is 6.20 Å². The fourth-order valence-corrected chi connectivity index (χ4v) is 5.26. The van der Waals surface area contributed by atoms with Crippen LogP contribution < -0.4 is 15.0 Å². The average molecular weight is 538 g/mol. The fourth-order valence-electron chi connectivity index (χ4n) is 4.74. The molecule has 188 valence electrons. The van der Waals surface area contributed by atoms with Crippen LogP contribution in [0.3, 0.4) is 0 Å². The topological polar surface area (TPSA) is 50.5 Å². The molecular formula is C31H24ClN3O2S. The average Bonchev–Trinajstić information content (AvgIpc) is 3.56. The van der Waals surface area contributed by atoms with Gasteiger partial charge in [-0.15, -0.1) is 0 Å². The van der Waals surface area contributed by atoms with E-state index in [4.69, 9.17) is 33.0 Å². The molecule has 5 aromatic rings. The van der Waals surface area contributed by atoms with Crippen molar-refractivity contribution < 1.29 is 9.15 Å². The number of ether oxygens (including phenoxy) is 1. The van der Waals surface area contributed by atoms with Crippen LogP contribution in [-0.4, -0.2) is 10.1 Å². The van der Waals surface area contributed by atoms with E-state index in [0.29, 0.717) is 10.1 Å². The first-order valence-corrected chi connectivity index (χ1v) is 13.1. The number of para-hydroxylation sites is 1. The van der Waals surface area contributed by atoms with Gasteiger partial charge < -0.3 is 19.4 Å². The van der Waals surface area contributed by atoms with Crippen molar-refractivity contribution in [1.29, 1.82) is 0 Å². The predicted octanol–water partition coefficient (Wildman–Crippen LogP) is 8.27. The molecule has 0 aliphatic carbocycles. The first-order valence-electron chi connectivity index (χ1n) is 12.3. The molecule has 1 fully saturated rings. The van der Waals surface area contributed by atoms with Crippen molar-refractivity contribution in [3.05, 3.63) is 131 Å². The lowest BCUT2D eigenvalue weighted by molar-refractivity contribution is 0.439. The monoisotopic (exact) mass is 537 g/mol. The second-order valence-electron chi connectivity index (χ2n) is 9.07. The smallest absolute Gasteiger partial charge is 0.174 e. The highest BCUT2D eigenvalue weighted by Gasteiger charge is 2.42. The number of pyridine rings is 1. The highest BCUT2D eigenvalue weighted by atomic mass is 35.5. The maximum absolute atomic E-state index is 6.49. The Labute approximate surface area is 231 Å². The molecule has 2 atom stereocenters. The summed E-state index contributed by atoms with van der Waals surface area (Å²) in [5, 5.41) is 4.74. The van der Waals surface area contributed by atoms with Crippen LogP contribution in [0.25, 0.3) is 11.3 Å². The fraction of sp³-hybridized carbons (Fsp3) is 0.0968. The molecule has 3 heterocycles. The third-order valence-corrected chi connectivity index (χ3v) is 7.12. The van der Waals surface area contributed by atoms with Gasteiger partial charge in [0.05, 0.1) is 11.7 Å². The van der Waals surface area contributed by atoms with Gasteiger partial charge in [0, 0.05) is 22.5 Å². The van der Waals surface area contributed by atoms with Crippen molar-refractivity contribution in [1.82, 2.24) is 10.3 Å². The van der Waals surface area contributed by atoms with Gasteiger partial charge in [0.2, 0.25) is 0 Å². The predicted molar refractivity (Wildman–Crippen MR) is 155 cm³/mol. The van der Waals surface area contributed by atoms with Crippen molar-refractivity contribution in [2.24, 2.45) is 0 Å². The number of aromatic nitrogens is 1. The van der Waals surface area contributed by atoms with Gasteiger partial charge in [0.1, 0.15) is 29.1 Å². The molecule has 5 nitrogen and oxygen atoms in total. The molecule has 2 aromatic heterocycles. The molecule has 1 saturated heterocycles. The molecule has 7 heteroatoms. The molecule has 6 rings (SSSR count). The van der Waals surface area contributed by atoms with Crippen LogP contribution in [0.5, 0.6) is 11.5 Å². The number of nitrogens with zero attached hydrogens (tertiary/aromatic N) is 2. The first kappa shape index (κ1) is 24.2. The first-order chi connectivity index (χ1) is 18.6. The summed E-state index contributed by atoms with van der Waals surface area (Å²) in [4.78, 5) is 6.70. The summed E-state index contributed by atoms with van der Waals surface area (Å²) in [6, 6.07) is 32.8. The number of benzene rings is 3. The number of rotatable bonds is 6. The highest BCUT2D eigenvalue weighted by molar-refractivity contribution is 7.80. The molecule has 0 spiro atoms. The van der Waals surface area contributed by atoms with Crippen LogP contribution in [0.4, 0.5) is 5.69 Å². The van der Waals surface area contributed by atoms with Crippen molar-refractivity contribution in [3.63, 3.8) is 0 Å². The molecule has 0 radical (unpaired) electrons. The van der Waals surface area contributed by atoms with Crippen LogP contribution in [0.2, 0.25) is 5.02 Å². The number of hydrogen-bond donors (Lipinski definition) is 1. The third kappa shape index (κ3) is 4.76. The lowest BCUT2D eigenvalue weighted by Crippen LogP contribution is -2.29. The van der Waals surface area contributed by atoms with Crippen LogP contribution in [0, 0.1) is 6.92 Å². The van der Waals surface area contributed by atoms with E-state index in [9.17, 15) is 0 Å². The lowest BCUT2D eigenvalue weighted by atomic mass is 10.0. The number of aryl methyl sites for hydroxylation is 1. The number of hydrogen-bond acceptors (Lipinski definition) is 4. The van der Waals surface area contributed by atoms with E-state index < -0.39 is 0 Å². The van der Waals surface area contributed by atoms with Crippen molar-refractivity contribution in [2.75, 3.05) is 4.90 Å². The molecule has 38 heavy (non-hydrogen) atoms. The second kappa shape index (κ2) is 10.3. The van der Waals surface area contributed by atoms with E-state index in [1.807, 2.05) is 110 Å². The second-order valence-corrected chi connectivity index (χ2v) is 9.89. The van der Waals surface area contributed by atoms with Crippen LogP contribution in [-0.2, 0) is 0 Å². The van der Waals surface area contributed by atoms with Gasteiger partial charge in [-0.3, -0.25) is 4.98 Å². The van der Waals surface area contributed by atoms with Gasteiger partial charge in [0.25, 0.3) is 0 Å². The summed E-state index contributed by atoms with van der Waals surface area (Å²) in [6.45, 7) is 2.04. The molecular weight excluding hydrogens is 514 g/mol. The maximum Gasteiger partial charge on any atom is 0.174 e. The summed E-state index contributed by atoms with van der Waals surface area (Å²) in [7, 11) is 0. The van der Waals surface area contributed by atoms with E-state index >= 15 is 0 Å². The van der Waals surface area contributed by atoms with Crippen molar-refractivity contribution >= 4 is 34.6 Å². The zero-order valence-electron chi connectivity index (χ0n) is 20.5. The number of nitrogens with one attached hydrogen (secondary N) is 1. The van der Waals surface area contributed by atoms with Gasteiger partial charge in [-0.2, -0.15) is 0 Å². The zero-order valence-corrected chi connectivity index (χ0v) is 22.1. The Morgan fingerprint density at radius 1 is 0.895 bits per heavy atom. The SMILES string of the molecule is Cc1ccc(Cl)cc1-c1ccc([C@@H]2[C@H](c3ccccn3)NC(=S)N2c2ccc(Oc3ccccc3)cc2)o1. The van der Waals surface area contributed by atoms with Gasteiger partial charge in [0.15, 0.2) is 5.11 Å². The summed E-state index contributed by atoms with van der Waals surface area (Å²) in [6.07, 6.45) is 1.79. The Kier molecular flexibility index (Phi) is 6.58. The van der Waals surface area contributed by atoms with Crippen LogP contribution >= 0.6 is 23.8 Å². The normalized spacial score (nSPS) is 16.9. The number of anilines is 1. The van der Waals surface area contributed by atoms with Gasteiger partial charge in [-0.25, -0.2) is 0 Å². The molecule has 1 aliphatic rings. The molecule has 0 amide bonds. The quantitative estimate of drug-likeness (QED) is 0.220. The summed E-state index contributed by atoms with van der Waals surface area (Å²) in [5.41, 5.74) is 3.84. The molecule has 0 unspecified atom stereocenters. The molecule has 0 saturated carbocycles. The molecule has 3 aromatic carbocycles. The largest absolute Gasteiger partial charge is 0.459 e. The minimum absolute atomic E-state index is 0.205. The van der Waals surface area contributed by atoms with Crippen LogP contribution in [0.1, 0.15) is 29.1 Å². The van der Waals surface area contributed by atoms with Gasteiger partial charge in [-0.05, 0) is 97.5 Å². The highest BCUT2D eigenvalue weighted by Crippen LogP contribution is 2.43. The van der Waals surface area contributed by atoms with E-state index in [-0.39, 0.29) is 12.1 Å². The Hall–Kier alpha value is -4.13. The number of furan rings is 1. The van der Waals surface area contributed by atoms with Gasteiger partial charge in [-0.1, -0.05) is 41.9 Å². The Morgan fingerprint density at radius 3 is 2.42 bits per heavy atom.